The molecule has 4 nitrogen and oxygen atoms in total. The molecule has 2 aromatic rings. The number of rotatable bonds is 2. The summed E-state index contributed by atoms with van der Waals surface area (Å²) in [6, 6.07) is 8.70. The van der Waals surface area contributed by atoms with Gasteiger partial charge in [0.25, 0.3) is 0 Å². The number of imidazole rings is 1. The van der Waals surface area contributed by atoms with E-state index in [9.17, 15) is 4.79 Å². The Kier molecular flexibility index (Phi) is 3.47. The van der Waals surface area contributed by atoms with E-state index in [1.165, 1.54) is 24.0 Å². The number of fused-ring (bicyclic) bond motifs is 3. The number of hydrogen-bond donors (Lipinski definition) is 1. The number of nitrogens with zero attached hydrogens (tertiary/aromatic N) is 2. The van der Waals surface area contributed by atoms with E-state index in [1.807, 2.05) is 0 Å². The molecule has 0 saturated carbocycles. The van der Waals surface area contributed by atoms with Crippen LogP contribution >= 0.6 is 0 Å². The first-order valence-corrected chi connectivity index (χ1v) is 8.62. The molecular weight excluding hydrogens is 286 g/mol. The summed E-state index contributed by atoms with van der Waals surface area (Å²) in [5, 5.41) is 3.06. The SMILES string of the molecule is CC(C)c1ccc(C2CC(=O)Nc3c2nc2n3CCCC2)cc1. The van der Waals surface area contributed by atoms with Crippen molar-refractivity contribution in [3.63, 3.8) is 0 Å². The van der Waals surface area contributed by atoms with Crippen molar-refractivity contribution in [3.8, 4) is 0 Å². The van der Waals surface area contributed by atoms with E-state index in [1.54, 1.807) is 0 Å². The summed E-state index contributed by atoms with van der Waals surface area (Å²) < 4.78 is 2.21. The third-order valence-corrected chi connectivity index (χ3v) is 5.09. The molecule has 2 aliphatic rings. The largest absolute Gasteiger partial charge is 0.314 e. The van der Waals surface area contributed by atoms with Crippen LogP contribution in [-0.4, -0.2) is 15.5 Å². The Morgan fingerprint density at radius 1 is 1.22 bits per heavy atom. The summed E-state index contributed by atoms with van der Waals surface area (Å²) in [6.07, 6.45) is 3.86. The minimum absolute atomic E-state index is 0.0815. The molecule has 1 atom stereocenters. The van der Waals surface area contributed by atoms with Gasteiger partial charge in [-0.3, -0.25) is 4.79 Å². The van der Waals surface area contributed by atoms with Gasteiger partial charge >= 0.3 is 0 Å². The van der Waals surface area contributed by atoms with E-state index in [0.29, 0.717) is 12.3 Å². The van der Waals surface area contributed by atoms with Crippen molar-refractivity contribution in [1.82, 2.24) is 9.55 Å². The van der Waals surface area contributed by atoms with E-state index in [-0.39, 0.29) is 11.8 Å². The van der Waals surface area contributed by atoms with Crippen LogP contribution in [0.5, 0.6) is 0 Å². The summed E-state index contributed by atoms with van der Waals surface area (Å²) in [6.45, 7) is 5.37. The molecule has 1 aromatic carbocycles. The van der Waals surface area contributed by atoms with Crippen LogP contribution in [0.1, 0.15) is 67.6 Å². The lowest BCUT2D eigenvalue weighted by Crippen LogP contribution is -2.25. The first kappa shape index (κ1) is 14.5. The van der Waals surface area contributed by atoms with E-state index in [2.05, 4.69) is 48.0 Å². The normalized spacial score (nSPS) is 20.1. The number of carbonyl (C=O) groups excluding carboxylic acids is 1. The van der Waals surface area contributed by atoms with E-state index in [0.717, 1.165) is 30.3 Å². The van der Waals surface area contributed by atoms with Gasteiger partial charge in [0.2, 0.25) is 5.91 Å². The first-order chi connectivity index (χ1) is 11.1. The molecule has 23 heavy (non-hydrogen) atoms. The highest BCUT2D eigenvalue weighted by Gasteiger charge is 2.33. The summed E-state index contributed by atoms with van der Waals surface area (Å²) in [7, 11) is 0. The molecule has 4 heteroatoms. The summed E-state index contributed by atoms with van der Waals surface area (Å²) in [4.78, 5) is 17.1. The van der Waals surface area contributed by atoms with Gasteiger partial charge in [0.05, 0.1) is 5.69 Å². The molecule has 1 N–H and O–H groups in total. The standard InChI is InChI=1S/C19H23N3O/c1-12(2)13-6-8-14(9-7-13)15-11-17(23)21-19-18(15)20-16-5-3-4-10-22(16)19/h6-9,12,15H,3-5,10-11H2,1-2H3,(H,21,23). The summed E-state index contributed by atoms with van der Waals surface area (Å²) in [5.41, 5.74) is 3.58. The molecule has 0 saturated heterocycles. The molecule has 2 aliphatic heterocycles. The number of aryl methyl sites for hydroxylation is 1. The Bertz CT molecular complexity index is 743. The zero-order valence-corrected chi connectivity index (χ0v) is 13.8. The number of hydrogen-bond acceptors (Lipinski definition) is 2. The van der Waals surface area contributed by atoms with Crippen molar-refractivity contribution in [2.24, 2.45) is 0 Å². The van der Waals surface area contributed by atoms with Crippen molar-refractivity contribution in [1.29, 1.82) is 0 Å². The molecular formula is C19H23N3O. The Labute approximate surface area is 136 Å². The minimum atomic E-state index is 0.0815. The molecule has 0 aliphatic carbocycles. The Morgan fingerprint density at radius 3 is 2.74 bits per heavy atom. The maximum Gasteiger partial charge on any atom is 0.226 e. The maximum absolute atomic E-state index is 12.2. The zero-order valence-electron chi connectivity index (χ0n) is 13.8. The van der Waals surface area contributed by atoms with Gasteiger partial charge in [-0.15, -0.1) is 0 Å². The van der Waals surface area contributed by atoms with Gasteiger partial charge in [-0.1, -0.05) is 38.1 Å². The predicted molar refractivity (Wildman–Crippen MR) is 90.8 cm³/mol. The molecule has 120 valence electrons. The molecule has 0 fully saturated rings. The lowest BCUT2D eigenvalue weighted by molar-refractivity contribution is -0.116. The van der Waals surface area contributed by atoms with Crippen molar-refractivity contribution in [3.05, 3.63) is 46.9 Å². The molecule has 1 amide bonds. The zero-order chi connectivity index (χ0) is 16.0. The molecule has 0 bridgehead atoms. The van der Waals surface area contributed by atoms with Gasteiger partial charge in [-0.25, -0.2) is 4.98 Å². The lowest BCUT2D eigenvalue weighted by atomic mass is 9.88. The maximum atomic E-state index is 12.2. The average Bonchev–Trinajstić information content (AvgIpc) is 2.93. The van der Waals surface area contributed by atoms with Crippen LogP contribution in [0, 0.1) is 0 Å². The highest BCUT2D eigenvalue weighted by Crippen LogP contribution is 2.38. The molecule has 1 unspecified atom stereocenters. The number of aromatic nitrogens is 2. The van der Waals surface area contributed by atoms with E-state index < -0.39 is 0 Å². The monoisotopic (exact) mass is 309 g/mol. The van der Waals surface area contributed by atoms with Crippen LogP contribution in [0.15, 0.2) is 24.3 Å². The van der Waals surface area contributed by atoms with Gasteiger partial charge in [-0.2, -0.15) is 0 Å². The highest BCUT2D eigenvalue weighted by molar-refractivity contribution is 5.94. The Hall–Kier alpha value is -2.10. The summed E-state index contributed by atoms with van der Waals surface area (Å²) >= 11 is 0. The number of nitrogens with one attached hydrogen (secondary N) is 1. The molecule has 4 rings (SSSR count). The highest BCUT2D eigenvalue weighted by atomic mass is 16.1. The predicted octanol–water partition coefficient (Wildman–Crippen LogP) is 3.82. The fraction of sp³-hybridized carbons (Fsp3) is 0.474. The average molecular weight is 309 g/mol. The molecule has 0 spiro atoms. The van der Waals surface area contributed by atoms with Gasteiger partial charge in [-0.05, 0) is 29.9 Å². The van der Waals surface area contributed by atoms with Gasteiger partial charge in [0.1, 0.15) is 11.6 Å². The van der Waals surface area contributed by atoms with Gasteiger partial charge in [0, 0.05) is 25.3 Å². The fourth-order valence-corrected chi connectivity index (χ4v) is 3.73. The van der Waals surface area contributed by atoms with Crippen molar-refractivity contribution >= 4 is 11.7 Å². The van der Waals surface area contributed by atoms with E-state index >= 15 is 0 Å². The second kappa shape index (κ2) is 5.52. The fourth-order valence-electron chi connectivity index (χ4n) is 3.73. The quantitative estimate of drug-likeness (QED) is 0.917. The molecule has 3 heterocycles. The molecule has 1 aromatic heterocycles. The summed E-state index contributed by atoms with van der Waals surface area (Å²) in [5.74, 6) is 2.78. The number of benzene rings is 1. The van der Waals surface area contributed by atoms with Gasteiger partial charge < -0.3 is 9.88 Å². The minimum Gasteiger partial charge on any atom is -0.314 e. The lowest BCUT2D eigenvalue weighted by Gasteiger charge is -2.24. The Morgan fingerprint density at radius 2 is 2.00 bits per heavy atom. The topological polar surface area (TPSA) is 46.9 Å². The van der Waals surface area contributed by atoms with Crippen molar-refractivity contribution < 1.29 is 4.79 Å². The third-order valence-electron chi connectivity index (χ3n) is 5.09. The van der Waals surface area contributed by atoms with Crippen LogP contribution in [-0.2, 0) is 17.8 Å². The second-order valence-electron chi connectivity index (χ2n) is 7.00. The van der Waals surface area contributed by atoms with E-state index in [4.69, 9.17) is 4.98 Å². The second-order valence-corrected chi connectivity index (χ2v) is 7.00. The third kappa shape index (κ3) is 2.46. The number of carbonyl (C=O) groups is 1. The number of anilines is 1. The first-order valence-electron chi connectivity index (χ1n) is 8.62. The van der Waals surface area contributed by atoms with Crippen molar-refractivity contribution in [2.75, 3.05) is 5.32 Å². The van der Waals surface area contributed by atoms with Gasteiger partial charge in [0.15, 0.2) is 0 Å². The molecule has 0 radical (unpaired) electrons. The van der Waals surface area contributed by atoms with Crippen molar-refractivity contribution in [2.45, 2.75) is 57.9 Å². The van der Waals surface area contributed by atoms with Crippen LogP contribution in [0.4, 0.5) is 5.82 Å². The van der Waals surface area contributed by atoms with Crippen LogP contribution in [0.2, 0.25) is 0 Å². The van der Waals surface area contributed by atoms with Crippen LogP contribution < -0.4 is 5.32 Å². The smallest absolute Gasteiger partial charge is 0.226 e. The Balaban J connectivity index is 1.75. The van der Waals surface area contributed by atoms with Crippen LogP contribution in [0.25, 0.3) is 0 Å². The van der Waals surface area contributed by atoms with Crippen LogP contribution in [0.3, 0.4) is 0 Å². The number of amides is 1.